The van der Waals surface area contributed by atoms with Crippen molar-refractivity contribution >= 4 is 23.7 Å². The highest BCUT2D eigenvalue weighted by atomic mass is 32.2. The molecule has 21 heavy (non-hydrogen) atoms. The zero-order chi connectivity index (χ0) is 15.4. The number of aromatic hydroxyl groups is 1. The van der Waals surface area contributed by atoms with Gasteiger partial charge in [0, 0.05) is 9.79 Å². The van der Waals surface area contributed by atoms with Gasteiger partial charge >= 0.3 is 11.9 Å². The van der Waals surface area contributed by atoms with Crippen LogP contribution >= 0.6 is 11.8 Å². The summed E-state index contributed by atoms with van der Waals surface area (Å²) in [5.41, 5.74) is 0.256. The number of benzene rings is 2. The molecule has 5 nitrogen and oxygen atoms in total. The van der Waals surface area contributed by atoms with Crippen LogP contribution in [-0.2, 0) is 11.2 Å². The third-order valence-corrected chi connectivity index (χ3v) is 3.72. The van der Waals surface area contributed by atoms with Gasteiger partial charge in [0.25, 0.3) is 0 Å². The lowest BCUT2D eigenvalue weighted by atomic mass is 10.1. The summed E-state index contributed by atoms with van der Waals surface area (Å²) in [6, 6.07) is 11.1. The van der Waals surface area contributed by atoms with E-state index in [1.54, 1.807) is 36.4 Å². The zero-order valence-electron chi connectivity index (χ0n) is 10.8. The lowest BCUT2D eigenvalue weighted by Gasteiger charge is -2.07. The molecule has 0 aromatic heterocycles. The largest absolute Gasteiger partial charge is 0.508 e. The predicted molar refractivity (Wildman–Crippen MR) is 77.0 cm³/mol. The molecule has 108 valence electrons. The molecule has 0 radical (unpaired) electrons. The first-order valence-electron chi connectivity index (χ1n) is 6.00. The number of carboxylic acid groups (broad SMARTS) is 2. The number of hydrogen-bond donors (Lipinski definition) is 3. The van der Waals surface area contributed by atoms with Gasteiger partial charge in [0.2, 0.25) is 0 Å². The lowest BCUT2D eigenvalue weighted by molar-refractivity contribution is -0.136. The molecule has 0 saturated heterocycles. The normalized spacial score (nSPS) is 10.3. The Morgan fingerprint density at radius 1 is 0.952 bits per heavy atom. The monoisotopic (exact) mass is 304 g/mol. The molecule has 3 N–H and O–H groups in total. The molecular formula is C15H12O5S. The van der Waals surface area contributed by atoms with E-state index in [9.17, 15) is 14.7 Å². The van der Waals surface area contributed by atoms with Gasteiger partial charge in [-0.05, 0) is 48.0 Å². The molecule has 0 bridgehead atoms. The second-order valence-electron chi connectivity index (χ2n) is 4.29. The van der Waals surface area contributed by atoms with Gasteiger partial charge in [-0.2, -0.15) is 0 Å². The van der Waals surface area contributed by atoms with Crippen LogP contribution in [-0.4, -0.2) is 27.3 Å². The van der Waals surface area contributed by atoms with Crippen molar-refractivity contribution < 1.29 is 24.9 Å². The molecule has 0 amide bonds. The van der Waals surface area contributed by atoms with Crippen LogP contribution in [0.15, 0.2) is 52.3 Å². The minimum absolute atomic E-state index is 0.00699. The Morgan fingerprint density at radius 2 is 1.57 bits per heavy atom. The highest BCUT2D eigenvalue weighted by molar-refractivity contribution is 7.99. The summed E-state index contributed by atoms with van der Waals surface area (Å²) >= 11 is 1.36. The first-order valence-corrected chi connectivity index (χ1v) is 6.82. The Morgan fingerprint density at radius 3 is 2.14 bits per heavy atom. The van der Waals surface area contributed by atoms with Gasteiger partial charge in [0.15, 0.2) is 0 Å². The van der Waals surface area contributed by atoms with Crippen LogP contribution in [0.5, 0.6) is 5.75 Å². The Bertz CT molecular complexity index is 679. The fourth-order valence-electron chi connectivity index (χ4n) is 1.80. The van der Waals surface area contributed by atoms with Crippen molar-refractivity contribution in [3.63, 3.8) is 0 Å². The molecule has 6 heteroatoms. The number of phenolic OH excluding ortho intramolecular Hbond substituents is 1. The van der Waals surface area contributed by atoms with Crippen LogP contribution in [0.25, 0.3) is 0 Å². The average molecular weight is 304 g/mol. The highest BCUT2D eigenvalue weighted by Crippen LogP contribution is 2.30. The van der Waals surface area contributed by atoms with E-state index in [-0.39, 0.29) is 23.3 Å². The Hall–Kier alpha value is -2.47. The van der Waals surface area contributed by atoms with E-state index in [1.165, 1.54) is 17.8 Å². The van der Waals surface area contributed by atoms with Crippen LogP contribution in [0.2, 0.25) is 0 Å². The van der Waals surface area contributed by atoms with E-state index >= 15 is 0 Å². The maximum Gasteiger partial charge on any atom is 0.335 e. The van der Waals surface area contributed by atoms with Gasteiger partial charge in [-0.25, -0.2) is 4.79 Å². The fourth-order valence-corrected chi connectivity index (χ4v) is 2.68. The number of carboxylic acids is 2. The topological polar surface area (TPSA) is 94.8 Å². The number of hydrogen-bond acceptors (Lipinski definition) is 4. The lowest BCUT2D eigenvalue weighted by Crippen LogP contribution is -2.07. The summed E-state index contributed by atoms with van der Waals surface area (Å²) in [5.74, 6) is -2.07. The molecule has 2 rings (SSSR count). The minimum atomic E-state index is -1.15. The van der Waals surface area contributed by atoms with Crippen molar-refractivity contribution in [3.05, 3.63) is 53.6 Å². The van der Waals surface area contributed by atoms with Gasteiger partial charge in [-0.15, -0.1) is 0 Å². The van der Waals surface area contributed by atoms with E-state index in [2.05, 4.69) is 0 Å². The standard InChI is InChI=1S/C15H12O5S/c16-10-1-3-11(4-2-10)21-12-5-6-13(15(19)20)9(7-12)8-14(17)18/h1-7,16H,8H2,(H,17,18)(H,19,20). The van der Waals surface area contributed by atoms with Crippen molar-refractivity contribution in [3.8, 4) is 5.75 Å². The second kappa shape index (κ2) is 6.32. The first-order chi connectivity index (χ1) is 9.95. The molecule has 0 aliphatic heterocycles. The first kappa shape index (κ1) is 14.9. The molecule has 0 fully saturated rings. The van der Waals surface area contributed by atoms with Crippen molar-refractivity contribution in [2.24, 2.45) is 0 Å². The van der Waals surface area contributed by atoms with Gasteiger partial charge < -0.3 is 15.3 Å². The summed E-state index contributed by atoms with van der Waals surface area (Å²) in [6.07, 6.45) is -0.342. The van der Waals surface area contributed by atoms with Gasteiger partial charge in [-0.3, -0.25) is 4.79 Å². The molecule has 0 spiro atoms. The second-order valence-corrected chi connectivity index (χ2v) is 5.44. The van der Waals surface area contributed by atoms with Crippen LogP contribution in [0.1, 0.15) is 15.9 Å². The predicted octanol–water partition coefficient (Wildman–Crippen LogP) is 2.87. The van der Waals surface area contributed by atoms with Crippen molar-refractivity contribution in [2.75, 3.05) is 0 Å². The van der Waals surface area contributed by atoms with Crippen LogP contribution in [0.4, 0.5) is 0 Å². The third-order valence-electron chi connectivity index (χ3n) is 2.72. The molecule has 0 unspecified atom stereocenters. The Balaban J connectivity index is 2.30. The number of carbonyl (C=O) groups is 2. The van der Waals surface area contributed by atoms with E-state index in [0.717, 1.165) is 9.79 Å². The van der Waals surface area contributed by atoms with Gasteiger partial charge in [0.05, 0.1) is 12.0 Å². The van der Waals surface area contributed by atoms with Crippen molar-refractivity contribution in [2.45, 2.75) is 16.2 Å². The maximum atomic E-state index is 11.1. The van der Waals surface area contributed by atoms with Gasteiger partial charge in [0.1, 0.15) is 5.75 Å². The molecule has 2 aromatic carbocycles. The van der Waals surface area contributed by atoms with Crippen LogP contribution in [0, 0.1) is 0 Å². The van der Waals surface area contributed by atoms with E-state index in [1.807, 2.05) is 0 Å². The Kier molecular flexibility index (Phi) is 4.49. The van der Waals surface area contributed by atoms with Crippen LogP contribution in [0.3, 0.4) is 0 Å². The number of rotatable bonds is 5. The molecular weight excluding hydrogens is 292 g/mol. The minimum Gasteiger partial charge on any atom is -0.508 e. The maximum absolute atomic E-state index is 11.1. The summed E-state index contributed by atoms with van der Waals surface area (Å²) < 4.78 is 0. The van der Waals surface area contributed by atoms with E-state index in [0.29, 0.717) is 0 Å². The van der Waals surface area contributed by atoms with Gasteiger partial charge in [-0.1, -0.05) is 11.8 Å². The summed E-state index contributed by atoms with van der Waals surface area (Å²) in [7, 11) is 0. The molecule has 0 heterocycles. The number of aromatic carboxylic acids is 1. The molecule has 0 aliphatic rings. The SMILES string of the molecule is O=C(O)Cc1cc(Sc2ccc(O)cc2)ccc1C(=O)O. The summed E-state index contributed by atoms with van der Waals surface area (Å²) in [5, 5.41) is 27.1. The molecule has 0 atom stereocenters. The van der Waals surface area contributed by atoms with E-state index < -0.39 is 11.9 Å². The molecule has 0 aliphatic carbocycles. The highest BCUT2D eigenvalue weighted by Gasteiger charge is 2.13. The molecule has 2 aromatic rings. The molecule has 0 saturated carbocycles. The number of aliphatic carboxylic acids is 1. The van der Waals surface area contributed by atoms with Crippen molar-refractivity contribution in [1.82, 2.24) is 0 Å². The average Bonchev–Trinajstić information content (AvgIpc) is 2.40. The third kappa shape index (κ3) is 4.00. The van der Waals surface area contributed by atoms with E-state index in [4.69, 9.17) is 10.2 Å². The summed E-state index contributed by atoms with van der Waals surface area (Å²) in [6.45, 7) is 0. The van der Waals surface area contributed by atoms with Crippen LogP contribution < -0.4 is 0 Å². The smallest absolute Gasteiger partial charge is 0.335 e. The number of phenols is 1. The zero-order valence-corrected chi connectivity index (χ0v) is 11.6. The quantitative estimate of drug-likeness (QED) is 0.786. The Labute approximate surface area is 124 Å². The fraction of sp³-hybridized carbons (Fsp3) is 0.0667. The van der Waals surface area contributed by atoms with Crippen molar-refractivity contribution in [1.29, 1.82) is 0 Å². The summed E-state index contributed by atoms with van der Waals surface area (Å²) in [4.78, 5) is 23.5.